The standard InChI is InChI=1S/C28H30N4O3S2/c1-4-19-12-24(34-17-20-6-5-11-31(15-20)37-21-9-7-18(2)8-10-21)22-14-26(35-25(22)13-19)23-16-32-27(29-23)36-28(30-32)33-3/h7-10,12-14,16,20H,4-6,11,15,17H2,1-3H3. The molecule has 5 aromatic rings. The van der Waals surface area contributed by atoms with Gasteiger partial charge in [0, 0.05) is 23.9 Å². The topological polar surface area (TPSA) is 65.0 Å². The lowest BCUT2D eigenvalue weighted by atomic mass is 10.0. The Morgan fingerprint density at radius 2 is 2.05 bits per heavy atom. The lowest BCUT2D eigenvalue weighted by molar-refractivity contribution is 0.188. The molecular weight excluding hydrogens is 504 g/mol. The fourth-order valence-corrected chi connectivity index (χ4v) is 6.46. The van der Waals surface area contributed by atoms with Gasteiger partial charge in [0.1, 0.15) is 17.0 Å². The van der Waals surface area contributed by atoms with E-state index in [0.29, 0.717) is 23.5 Å². The van der Waals surface area contributed by atoms with Gasteiger partial charge in [0.05, 0.1) is 25.3 Å². The zero-order valence-corrected chi connectivity index (χ0v) is 22.9. The highest BCUT2D eigenvalue weighted by molar-refractivity contribution is 7.97. The van der Waals surface area contributed by atoms with Crippen LogP contribution in [0.25, 0.3) is 27.4 Å². The highest BCUT2D eigenvalue weighted by Gasteiger charge is 2.23. The second-order valence-corrected chi connectivity index (χ2v) is 11.6. The molecule has 9 heteroatoms. The Morgan fingerprint density at radius 1 is 1.19 bits per heavy atom. The molecule has 4 heterocycles. The van der Waals surface area contributed by atoms with Crippen LogP contribution in [0.2, 0.25) is 0 Å². The molecule has 2 aromatic carbocycles. The number of imidazole rings is 1. The molecular formula is C28H30N4O3S2. The number of nitrogens with zero attached hydrogens (tertiary/aromatic N) is 4. The summed E-state index contributed by atoms with van der Waals surface area (Å²) in [5, 5.41) is 5.94. The highest BCUT2D eigenvalue weighted by Crippen LogP contribution is 2.36. The van der Waals surface area contributed by atoms with Gasteiger partial charge in [-0.1, -0.05) is 24.6 Å². The third-order valence-electron chi connectivity index (χ3n) is 6.73. The number of hydrogen-bond acceptors (Lipinski definition) is 8. The van der Waals surface area contributed by atoms with Crippen molar-refractivity contribution in [3.63, 3.8) is 0 Å². The van der Waals surface area contributed by atoms with Gasteiger partial charge in [0.15, 0.2) is 5.76 Å². The van der Waals surface area contributed by atoms with Crippen molar-refractivity contribution in [2.75, 3.05) is 26.8 Å². The first-order valence-electron chi connectivity index (χ1n) is 12.7. The summed E-state index contributed by atoms with van der Waals surface area (Å²) in [7, 11) is 1.61. The van der Waals surface area contributed by atoms with Gasteiger partial charge in [-0.3, -0.25) is 0 Å². The molecule has 0 spiro atoms. The van der Waals surface area contributed by atoms with E-state index in [1.54, 1.807) is 11.6 Å². The maximum atomic E-state index is 6.49. The minimum atomic E-state index is 0.486. The molecule has 7 nitrogen and oxygen atoms in total. The van der Waals surface area contributed by atoms with Gasteiger partial charge in [0.2, 0.25) is 4.96 Å². The molecule has 1 fully saturated rings. The maximum absolute atomic E-state index is 6.49. The first-order valence-corrected chi connectivity index (χ1v) is 14.3. The van der Waals surface area contributed by atoms with Gasteiger partial charge >= 0.3 is 0 Å². The molecule has 0 aliphatic carbocycles. The number of piperidine rings is 1. The Bertz CT molecular complexity index is 1490. The van der Waals surface area contributed by atoms with Crippen molar-refractivity contribution in [3.05, 3.63) is 59.8 Å². The predicted octanol–water partition coefficient (Wildman–Crippen LogP) is 6.88. The van der Waals surface area contributed by atoms with Crippen LogP contribution in [0.15, 0.2) is 58.0 Å². The van der Waals surface area contributed by atoms with Gasteiger partial charge in [-0.25, -0.2) is 13.8 Å². The van der Waals surface area contributed by atoms with Crippen molar-refractivity contribution >= 4 is 39.2 Å². The molecule has 1 aliphatic rings. The Labute approximate surface area is 224 Å². The molecule has 1 unspecified atom stereocenters. The van der Waals surface area contributed by atoms with Crippen LogP contribution in [-0.2, 0) is 6.42 Å². The van der Waals surface area contributed by atoms with E-state index in [0.717, 1.165) is 46.9 Å². The smallest absolute Gasteiger partial charge is 0.294 e. The summed E-state index contributed by atoms with van der Waals surface area (Å²) in [4.78, 5) is 6.74. The van der Waals surface area contributed by atoms with E-state index in [9.17, 15) is 0 Å². The van der Waals surface area contributed by atoms with E-state index in [-0.39, 0.29) is 0 Å². The fraction of sp³-hybridized carbons (Fsp3) is 0.357. The average molecular weight is 535 g/mol. The number of benzene rings is 2. The molecule has 192 valence electrons. The zero-order chi connectivity index (χ0) is 25.4. The molecule has 0 saturated carbocycles. The number of fused-ring (bicyclic) bond motifs is 2. The van der Waals surface area contributed by atoms with Crippen LogP contribution in [0, 0.1) is 12.8 Å². The molecule has 37 heavy (non-hydrogen) atoms. The molecule has 0 amide bonds. The van der Waals surface area contributed by atoms with Crippen LogP contribution >= 0.6 is 23.3 Å². The molecule has 3 aromatic heterocycles. The molecule has 1 saturated heterocycles. The summed E-state index contributed by atoms with van der Waals surface area (Å²) in [5.74, 6) is 2.08. The monoisotopic (exact) mass is 534 g/mol. The first kappa shape index (κ1) is 24.3. The predicted molar refractivity (Wildman–Crippen MR) is 149 cm³/mol. The number of hydrogen-bond donors (Lipinski definition) is 0. The highest BCUT2D eigenvalue weighted by atomic mass is 32.2. The van der Waals surface area contributed by atoms with E-state index in [1.165, 1.54) is 40.2 Å². The van der Waals surface area contributed by atoms with Crippen molar-refractivity contribution in [1.29, 1.82) is 0 Å². The van der Waals surface area contributed by atoms with E-state index in [4.69, 9.17) is 13.9 Å². The van der Waals surface area contributed by atoms with Crippen molar-refractivity contribution in [2.45, 2.75) is 38.0 Å². The largest absolute Gasteiger partial charge is 0.492 e. The van der Waals surface area contributed by atoms with Crippen LogP contribution < -0.4 is 9.47 Å². The van der Waals surface area contributed by atoms with Crippen molar-refractivity contribution in [1.82, 2.24) is 18.9 Å². The fourth-order valence-electron chi connectivity index (χ4n) is 4.70. The molecule has 6 rings (SSSR count). The van der Waals surface area contributed by atoms with Crippen LogP contribution in [0.1, 0.15) is 30.9 Å². The summed E-state index contributed by atoms with van der Waals surface area (Å²) in [6, 6.07) is 15.1. The van der Waals surface area contributed by atoms with Crippen LogP contribution in [0.3, 0.4) is 0 Å². The lowest BCUT2D eigenvalue weighted by Gasteiger charge is -2.31. The average Bonchev–Trinajstić information content (AvgIpc) is 3.61. The van der Waals surface area contributed by atoms with Crippen LogP contribution in [0.4, 0.5) is 0 Å². The summed E-state index contributed by atoms with van der Waals surface area (Å²) < 4.78 is 22.2. The minimum Gasteiger partial charge on any atom is -0.492 e. The number of rotatable bonds is 8. The van der Waals surface area contributed by atoms with Crippen LogP contribution in [0.5, 0.6) is 10.9 Å². The van der Waals surface area contributed by atoms with Gasteiger partial charge in [-0.05, 0) is 85.4 Å². The number of ether oxygens (including phenoxy) is 2. The third kappa shape index (κ3) is 5.21. The summed E-state index contributed by atoms with van der Waals surface area (Å²) in [6.45, 7) is 7.10. The Morgan fingerprint density at radius 3 is 2.84 bits per heavy atom. The molecule has 1 aliphatic heterocycles. The third-order valence-corrected chi connectivity index (χ3v) is 8.69. The zero-order valence-electron chi connectivity index (χ0n) is 21.3. The first-order chi connectivity index (χ1) is 18.1. The number of furan rings is 1. The summed E-state index contributed by atoms with van der Waals surface area (Å²) >= 11 is 3.25. The second kappa shape index (κ2) is 10.4. The Balaban J connectivity index is 1.19. The van der Waals surface area contributed by atoms with Gasteiger partial charge in [-0.15, -0.1) is 5.10 Å². The van der Waals surface area contributed by atoms with Gasteiger partial charge in [0.25, 0.3) is 5.19 Å². The molecule has 0 N–H and O–H groups in total. The second-order valence-electron chi connectivity index (χ2n) is 9.51. The normalized spacial score (nSPS) is 16.6. The van der Waals surface area contributed by atoms with Crippen LogP contribution in [-0.4, -0.2) is 45.7 Å². The maximum Gasteiger partial charge on any atom is 0.294 e. The SMILES string of the molecule is CCc1cc(OCC2CCCN(Sc3ccc(C)cc3)C2)c2cc(-c3cn4nc(OC)sc4n3)oc2c1. The van der Waals surface area contributed by atoms with Crippen molar-refractivity contribution in [3.8, 4) is 22.4 Å². The number of methoxy groups -OCH3 is 1. The lowest BCUT2D eigenvalue weighted by Crippen LogP contribution is -2.33. The van der Waals surface area contributed by atoms with E-state index >= 15 is 0 Å². The Kier molecular flexibility index (Phi) is 6.84. The number of aryl methyl sites for hydroxylation is 2. The molecule has 1 atom stereocenters. The summed E-state index contributed by atoms with van der Waals surface area (Å²) in [5.41, 5.74) is 4.06. The summed E-state index contributed by atoms with van der Waals surface area (Å²) in [6.07, 6.45) is 5.15. The minimum absolute atomic E-state index is 0.486. The van der Waals surface area contributed by atoms with Gasteiger partial charge < -0.3 is 13.9 Å². The van der Waals surface area contributed by atoms with Crippen molar-refractivity contribution < 1.29 is 13.9 Å². The van der Waals surface area contributed by atoms with Gasteiger partial charge in [-0.2, -0.15) is 0 Å². The van der Waals surface area contributed by atoms with E-state index in [2.05, 4.69) is 64.6 Å². The number of aromatic nitrogens is 3. The van der Waals surface area contributed by atoms with E-state index < -0.39 is 0 Å². The quantitative estimate of drug-likeness (QED) is 0.201. The molecule has 0 bridgehead atoms. The van der Waals surface area contributed by atoms with E-state index in [1.807, 2.05) is 24.2 Å². The Hall–Kier alpha value is -3.01. The molecule has 0 radical (unpaired) electrons. The van der Waals surface area contributed by atoms with Crippen molar-refractivity contribution in [2.24, 2.45) is 5.92 Å².